The summed E-state index contributed by atoms with van der Waals surface area (Å²) in [5.74, 6) is 0.0156. The molecule has 0 radical (unpaired) electrons. The van der Waals surface area contributed by atoms with E-state index < -0.39 is 11.9 Å². The molecule has 2 aromatic carbocycles. The molecule has 0 heterocycles. The summed E-state index contributed by atoms with van der Waals surface area (Å²) in [6.07, 6.45) is 0. The van der Waals surface area contributed by atoms with Crippen LogP contribution in [0.15, 0.2) is 54.6 Å². The van der Waals surface area contributed by atoms with Crippen molar-refractivity contribution in [3.05, 3.63) is 71.3 Å². The number of carbonyl (C=O) groups excluding carboxylic acids is 1. The van der Waals surface area contributed by atoms with Crippen molar-refractivity contribution in [3.63, 3.8) is 0 Å². The van der Waals surface area contributed by atoms with E-state index in [1.807, 2.05) is 30.0 Å². The Hall–Kier alpha value is -2.27. The van der Waals surface area contributed by atoms with Crippen LogP contribution in [0.4, 0.5) is 0 Å². The van der Waals surface area contributed by atoms with Gasteiger partial charge in [-0.25, -0.2) is 0 Å². The minimum Gasteiger partial charge on any atom is -0.481 e. The van der Waals surface area contributed by atoms with Crippen LogP contribution in [0.5, 0.6) is 0 Å². The predicted molar refractivity (Wildman–Crippen MR) is 97.4 cm³/mol. The third-order valence-electron chi connectivity index (χ3n) is 3.66. The van der Waals surface area contributed by atoms with Crippen molar-refractivity contribution >= 4 is 23.6 Å². The average molecular weight is 343 g/mol. The standard InChI is InChI=1S/C19H21NO3S/c1-2-24-13-14-8-10-16(11-9-14)18(21)20-12-17(19(22)23)15-6-4-3-5-7-15/h3-11,17H,2,12-13H2,1H3,(H,20,21)(H,22,23). The van der Waals surface area contributed by atoms with E-state index in [4.69, 9.17) is 0 Å². The molecule has 2 aromatic rings. The number of benzene rings is 2. The van der Waals surface area contributed by atoms with Crippen LogP contribution in [0.3, 0.4) is 0 Å². The number of rotatable bonds is 8. The summed E-state index contributed by atoms with van der Waals surface area (Å²) in [7, 11) is 0. The maximum Gasteiger partial charge on any atom is 0.312 e. The van der Waals surface area contributed by atoms with Gasteiger partial charge in [-0.05, 0) is 29.0 Å². The molecule has 0 spiro atoms. The second kappa shape index (κ2) is 9.13. The smallest absolute Gasteiger partial charge is 0.312 e. The highest BCUT2D eigenvalue weighted by Crippen LogP contribution is 2.16. The summed E-state index contributed by atoms with van der Waals surface area (Å²) in [6, 6.07) is 16.3. The van der Waals surface area contributed by atoms with Gasteiger partial charge in [0.2, 0.25) is 0 Å². The first-order valence-electron chi connectivity index (χ1n) is 7.84. The van der Waals surface area contributed by atoms with Gasteiger partial charge in [0.05, 0.1) is 5.92 Å². The van der Waals surface area contributed by atoms with Gasteiger partial charge in [-0.2, -0.15) is 11.8 Å². The van der Waals surface area contributed by atoms with Gasteiger partial charge >= 0.3 is 5.97 Å². The maximum atomic E-state index is 12.2. The normalized spacial score (nSPS) is 11.7. The molecular formula is C19H21NO3S. The van der Waals surface area contributed by atoms with Crippen molar-refractivity contribution in [3.8, 4) is 0 Å². The summed E-state index contributed by atoms with van der Waals surface area (Å²) in [6.45, 7) is 2.17. The van der Waals surface area contributed by atoms with Gasteiger partial charge in [0.25, 0.3) is 5.91 Å². The number of thioether (sulfide) groups is 1. The van der Waals surface area contributed by atoms with Gasteiger partial charge in [-0.3, -0.25) is 9.59 Å². The van der Waals surface area contributed by atoms with E-state index in [0.29, 0.717) is 11.1 Å². The minimum absolute atomic E-state index is 0.0611. The van der Waals surface area contributed by atoms with Crippen molar-refractivity contribution in [1.29, 1.82) is 0 Å². The molecular weight excluding hydrogens is 322 g/mol. The maximum absolute atomic E-state index is 12.2. The van der Waals surface area contributed by atoms with Crippen molar-refractivity contribution in [2.75, 3.05) is 12.3 Å². The number of aliphatic carboxylic acids is 1. The average Bonchev–Trinajstić information content (AvgIpc) is 2.61. The highest BCUT2D eigenvalue weighted by molar-refractivity contribution is 7.98. The van der Waals surface area contributed by atoms with Crippen LogP contribution in [0.25, 0.3) is 0 Å². The van der Waals surface area contributed by atoms with Gasteiger partial charge in [0, 0.05) is 17.9 Å². The molecule has 0 saturated carbocycles. The zero-order chi connectivity index (χ0) is 17.4. The fourth-order valence-electron chi connectivity index (χ4n) is 2.30. The molecule has 0 bridgehead atoms. The van der Waals surface area contributed by atoms with E-state index in [1.54, 1.807) is 36.4 Å². The second-order valence-electron chi connectivity index (χ2n) is 5.35. The van der Waals surface area contributed by atoms with E-state index in [2.05, 4.69) is 12.2 Å². The molecule has 1 amide bonds. The molecule has 0 aliphatic carbocycles. The molecule has 5 heteroatoms. The molecule has 0 aromatic heterocycles. The molecule has 1 atom stereocenters. The zero-order valence-corrected chi connectivity index (χ0v) is 14.4. The number of hydrogen-bond acceptors (Lipinski definition) is 3. The van der Waals surface area contributed by atoms with Crippen LogP contribution in [0.1, 0.15) is 34.3 Å². The van der Waals surface area contributed by atoms with Crippen LogP contribution in [0.2, 0.25) is 0 Å². The van der Waals surface area contributed by atoms with Crippen molar-refractivity contribution in [2.24, 2.45) is 0 Å². The van der Waals surface area contributed by atoms with E-state index in [9.17, 15) is 14.7 Å². The Morgan fingerprint density at radius 1 is 1.08 bits per heavy atom. The third-order valence-corrected chi connectivity index (χ3v) is 4.60. The molecule has 2 N–H and O–H groups in total. The van der Waals surface area contributed by atoms with Crippen LogP contribution < -0.4 is 5.32 Å². The largest absolute Gasteiger partial charge is 0.481 e. The van der Waals surface area contributed by atoms with Gasteiger partial charge in [-0.15, -0.1) is 0 Å². The van der Waals surface area contributed by atoms with E-state index in [1.165, 1.54) is 5.56 Å². The van der Waals surface area contributed by atoms with Gasteiger partial charge in [0.15, 0.2) is 0 Å². The lowest BCUT2D eigenvalue weighted by atomic mass is 9.99. The Labute approximate surface area is 146 Å². The Morgan fingerprint density at radius 2 is 1.75 bits per heavy atom. The highest BCUT2D eigenvalue weighted by atomic mass is 32.2. The molecule has 0 saturated heterocycles. The van der Waals surface area contributed by atoms with Crippen molar-refractivity contribution in [2.45, 2.75) is 18.6 Å². The van der Waals surface area contributed by atoms with E-state index >= 15 is 0 Å². The lowest BCUT2D eigenvalue weighted by molar-refractivity contribution is -0.138. The molecule has 1 unspecified atom stereocenters. The molecule has 4 nitrogen and oxygen atoms in total. The SMILES string of the molecule is CCSCc1ccc(C(=O)NCC(C(=O)O)c2ccccc2)cc1. The molecule has 126 valence electrons. The number of amides is 1. The lowest BCUT2D eigenvalue weighted by Crippen LogP contribution is -2.31. The van der Waals surface area contributed by atoms with Crippen LogP contribution in [-0.4, -0.2) is 29.3 Å². The topological polar surface area (TPSA) is 66.4 Å². The quantitative estimate of drug-likeness (QED) is 0.769. The summed E-state index contributed by atoms with van der Waals surface area (Å²) in [5.41, 5.74) is 2.39. The third kappa shape index (κ3) is 5.13. The van der Waals surface area contributed by atoms with Gasteiger partial charge < -0.3 is 10.4 Å². The first-order valence-corrected chi connectivity index (χ1v) is 9.00. The predicted octanol–water partition coefficient (Wildman–Crippen LogP) is 3.54. The number of carboxylic acid groups (broad SMARTS) is 1. The fraction of sp³-hybridized carbons (Fsp3) is 0.263. The minimum atomic E-state index is -0.951. The summed E-state index contributed by atoms with van der Waals surface area (Å²) in [5, 5.41) is 12.1. The first-order chi connectivity index (χ1) is 11.6. The number of carbonyl (C=O) groups is 2. The molecule has 0 aliphatic heterocycles. The summed E-state index contributed by atoms with van der Waals surface area (Å²) >= 11 is 1.82. The van der Waals surface area contributed by atoms with Gasteiger partial charge in [0.1, 0.15) is 0 Å². The lowest BCUT2D eigenvalue weighted by Gasteiger charge is -2.14. The Balaban J connectivity index is 1.97. The van der Waals surface area contributed by atoms with E-state index in [-0.39, 0.29) is 12.5 Å². The summed E-state index contributed by atoms with van der Waals surface area (Å²) in [4.78, 5) is 23.7. The molecule has 0 aliphatic rings. The number of nitrogens with one attached hydrogen (secondary N) is 1. The van der Waals surface area contributed by atoms with Crippen LogP contribution in [-0.2, 0) is 10.5 Å². The van der Waals surface area contributed by atoms with Crippen molar-refractivity contribution < 1.29 is 14.7 Å². The van der Waals surface area contributed by atoms with E-state index in [0.717, 1.165) is 11.5 Å². The monoisotopic (exact) mass is 343 g/mol. The first kappa shape index (κ1) is 18.1. The Kier molecular flexibility index (Phi) is 6.88. The number of carboxylic acids is 1. The fourth-order valence-corrected chi connectivity index (χ4v) is 2.93. The van der Waals surface area contributed by atoms with Gasteiger partial charge in [-0.1, -0.05) is 49.4 Å². The molecule has 2 rings (SSSR count). The summed E-state index contributed by atoms with van der Waals surface area (Å²) < 4.78 is 0. The Morgan fingerprint density at radius 3 is 2.33 bits per heavy atom. The molecule has 0 fully saturated rings. The van der Waals surface area contributed by atoms with Crippen LogP contribution >= 0.6 is 11.8 Å². The van der Waals surface area contributed by atoms with Crippen LogP contribution in [0, 0.1) is 0 Å². The highest BCUT2D eigenvalue weighted by Gasteiger charge is 2.20. The zero-order valence-electron chi connectivity index (χ0n) is 13.6. The number of hydrogen-bond donors (Lipinski definition) is 2. The Bertz CT molecular complexity index is 671. The molecule has 24 heavy (non-hydrogen) atoms. The van der Waals surface area contributed by atoms with Crippen molar-refractivity contribution in [1.82, 2.24) is 5.32 Å². The second-order valence-corrected chi connectivity index (χ2v) is 6.62.